The van der Waals surface area contributed by atoms with Gasteiger partial charge in [0, 0.05) is 31.1 Å². The predicted molar refractivity (Wildman–Crippen MR) is 99.3 cm³/mol. The van der Waals surface area contributed by atoms with E-state index in [1.165, 1.54) is 0 Å². The molecule has 130 valence electrons. The number of aromatic nitrogens is 6. The van der Waals surface area contributed by atoms with Crippen molar-refractivity contribution in [1.29, 1.82) is 0 Å². The summed E-state index contributed by atoms with van der Waals surface area (Å²) in [5.41, 5.74) is 1.74. The minimum Gasteiger partial charge on any atom is -0.352 e. The molecule has 26 heavy (non-hydrogen) atoms. The fourth-order valence-corrected chi connectivity index (χ4v) is 3.60. The fourth-order valence-electron chi connectivity index (χ4n) is 3.60. The molecule has 1 aromatic carbocycles. The first-order chi connectivity index (χ1) is 12.8. The van der Waals surface area contributed by atoms with E-state index in [1.807, 2.05) is 30.3 Å². The van der Waals surface area contributed by atoms with Gasteiger partial charge in [-0.25, -0.2) is 9.97 Å². The van der Waals surface area contributed by atoms with E-state index in [-0.39, 0.29) is 0 Å². The summed E-state index contributed by atoms with van der Waals surface area (Å²) in [6.07, 6.45) is 3.28. The molecule has 4 heterocycles. The average Bonchev–Trinajstić information content (AvgIpc) is 3.15. The molecular weight excluding hydrogens is 328 g/mol. The van der Waals surface area contributed by atoms with Crippen LogP contribution in [0, 0.1) is 0 Å². The van der Waals surface area contributed by atoms with Gasteiger partial charge in [0.2, 0.25) is 0 Å². The molecule has 0 radical (unpaired) electrons. The van der Waals surface area contributed by atoms with E-state index in [1.54, 1.807) is 17.2 Å². The van der Waals surface area contributed by atoms with Gasteiger partial charge in [-0.15, -0.1) is 15.3 Å². The molecule has 0 unspecified atom stereocenters. The van der Waals surface area contributed by atoms with E-state index in [0.29, 0.717) is 6.04 Å². The first-order valence-electron chi connectivity index (χ1n) is 8.68. The molecule has 1 aliphatic rings. The summed E-state index contributed by atoms with van der Waals surface area (Å²) in [5.74, 6) is 1.95. The van der Waals surface area contributed by atoms with E-state index in [0.717, 1.165) is 47.8 Å². The first kappa shape index (κ1) is 15.0. The van der Waals surface area contributed by atoms with Crippen molar-refractivity contribution >= 4 is 28.2 Å². The Labute approximate surface area is 150 Å². The van der Waals surface area contributed by atoms with Gasteiger partial charge >= 0.3 is 0 Å². The third-order valence-corrected chi connectivity index (χ3v) is 4.89. The van der Waals surface area contributed by atoms with Crippen LogP contribution in [0.4, 0.5) is 11.6 Å². The molecule has 4 aromatic rings. The molecule has 0 saturated carbocycles. The number of rotatable bonds is 2. The van der Waals surface area contributed by atoms with Gasteiger partial charge in [-0.05, 0) is 31.2 Å². The highest BCUT2D eigenvalue weighted by Gasteiger charge is 2.26. The van der Waals surface area contributed by atoms with Crippen molar-refractivity contribution in [2.24, 2.45) is 0 Å². The molecule has 5 rings (SSSR count). The topological polar surface area (TPSA) is 75.3 Å². The Balaban J connectivity index is 1.43. The molecule has 1 saturated heterocycles. The van der Waals surface area contributed by atoms with Crippen molar-refractivity contribution in [2.45, 2.75) is 13.0 Å². The minimum atomic E-state index is 0.305. The van der Waals surface area contributed by atoms with Crippen molar-refractivity contribution in [1.82, 2.24) is 29.8 Å². The van der Waals surface area contributed by atoms with Gasteiger partial charge in [-0.2, -0.15) is 4.52 Å². The standard InChI is InChI=1S/C18H18N8/c1-13-10-24(18-14-4-2-3-5-15(14)19-11-20-18)8-9-25(13)17-7-6-16-22-21-12-26(16)23-17/h2-7,11-13H,8-10H2,1H3/t13-/m1/s1. The summed E-state index contributed by atoms with van der Waals surface area (Å²) in [6.45, 7) is 4.85. The molecule has 3 aromatic heterocycles. The molecule has 1 aliphatic heterocycles. The van der Waals surface area contributed by atoms with Crippen LogP contribution in [0.5, 0.6) is 0 Å². The maximum Gasteiger partial charge on any atom is 0.177 e. The third kappa shape index (κ3) is 2.42. The lowest BCUT2D eigenvalue weighted by molar-refractivity contribution is 0.540. The second-order valence-corrected chi connectivity index (χ2v) is 6.53. The van der Waals surface area contributed by atoms with Crippen LogP contribution >= 0.6 is 0 Å². The zero-order chi connectivity index (χ0) is 17.5. The summed E-state index contributed by atoms with van der Waals surface area (Å²) < 4.78 is 1.71. The monoisotopic (exact) mass is 346 g/mol. The Bertz CT molecular complexity index is 1070. The molecule has 0 N–H and O–H groups in total. The molecule has 8 nitrogen and oxygen atoms in total. The zero-order valence-corrected chi connectivity index (χ0v) is 14.4. The molecule has 1 fully saturated rings. The van der Waals surface area contributed by atoms with Crippen LogP contribution in [0.3, 0.4) is 0 Å². The lowest BCUT2D eigenvalue weighted by atomic mass is 10.1. The fraction of sp³-hybridized carbons (Fsp3) is 0.278. The maximum atomic E-state index is 4.63. The Morgan fingerprint density at radius 2 is 1.96 bits per heavy atom. The largest absolute Gasteiger partial charge is 0.352 e. The van der Waals surface area contributed by atoms with Gasteiger partial charge in [-0.1, -0.05) is 12.1 Å². The number of benzene rings is 1. The van der Waals surface area contributed by atoms with E-state index < -0.39 is 0 Å². The molecule has 1 atom stereocenters. The predicted octanol–water partition coefficient (Wildman–Crippen LogP) is 1.78. The van der Waals surface area contributed by atoms with Crippen LogP contribution in [0.25, 0.3) is 16.6 Å². The SMILES string of the molecule is C[C@@H]1CN(c2ncnc3ccccc23)CCN1c1ccc2nncn2n1. The molecule has 0 aliphatic carbocycles. The maximum absolute atomic E-state index is 4.63. The zero-order valence-electron chi connectivity index (χ0n) is 14.4. The molecule has 0 amide bonds. The van der Waals surface area contributed by atoms with Crippen molar-refractivity contribution in [2.75, 3.05) is 29.4 Å². The van der Waals surface area contributed by atoms with Crippen molar-refractivity contribution in [3.8, 4) is 0 Å². The van der Waals surface area contributed by atoms with Gasteiger partial charge < -0.3 is 9.80 Å². The number of hydrogen-bond donors (Lipinski definition) is 0. The van der Waals surface area contributed by atoms with Gasteiger partial charge in [0.05, 0.1) is 5.52 Å². The quantitative estimate of drug-likeness (QED) is 0.548. The molecule has 0 spiro atoms. The van der Waals surface area contributed by atoms with Crippen LogP contribution in [-0.4, -0.2) is 55.5 Å². The van der Waals surface area contributed by atoms with Crippen LogP contribution in [0.1, 0.15) is 6.92 Å². The summed E-state index contributed by atoms with van der Waals surface area (Å²) in [6, 6.07) is 12.4. The van der Waals surface area contributed by atoms with Crippen molar-refractivity contribution in [3.63, 3.8) is 0 Å². The Hall–Kier alpha value is -3.29. The van der Waals surface area contributed by atoms with Crippen molar-refractivity contribution in [3.05, 3.63) is 49.1 Å². The lowest BCUT2D eigenvalue weighted by Crippen LogP contribution is -2.52. The van der Waals surface area contributed by atoms with Crippen LogP contribution < -0.4 is 9.80 Å². The third-order valence-electron chi connectivity index (χ3n) is 4.89. The highest BCUT2D eigenvalue weighted by atomic mass is 15.4. The van der Waals surface area contributed by atoms with Crippen LogP contribution in [0.15, 0.2) is 49.1 Å². The normalized spacial score (nSPS) is 18.0. The molecule has 8 heteroatoms. The second kappa shape index (κ2) is 5.91. The summed E-state index contributed by atoms with van der Waals surface area (Å²) >= 11 is 0. The Morgan fingerprint density at radius 1 is 1.04 bits per heavy atom. The van der Waals surface area contributed by atoms with E-state index in [4.69, 9.17) is 0 Å². The number of piperazine rings is 1. The van der Waals surface area contributed by atoms with Crippen LogP contribution in [0.2, 0.25) is 0 Å². The summed E-state index contributed by atoms with van der Waals surface area (Å²) in [7, 11) is 0. The summed E-state index contributed by atoms with van der Waals surface area (Å²) in [4.78, 5) is 13.6. The second-order valence-electron chi connectivity index (χ2n) is 6.53. The first-order valence-corrected chi connectivity index (χ1v) is 8.68. The highest BCUT2D eigenvalue weighted by Crippen LogP contribution is 2.26. The van der Waals surface area contributed by atoms with Gasteiger partial charge in [-0.3, -0.25) is 0 Å². The number of nitrogens with zero attached hydrogens (tertiary/aromatic N) is 8. The minimum absolute atomic E-state index is 0.305. The Kier molecular flexibility index (Phi) is 3.41. The van der Waals surface area contributed by atoms with Crippen molar-refractivity contribution < 1.29 is 0 Å². The van der Waals surface area contributed by atoms with E-state index in [2.05, 4.69) is 48.1 Å². The van der Waals surface area contributed by atoms with Crippen LogP contribution in [-0.2, 0) is 0 Å². The highest BCUT2D eigenvalue weighted by molar-refractivity contribution is 5.89. The number of para-hydroxylation sites is 1. The average molecular weight is 346 g/mol. The molecular formula is C18H18N8. The van der Waals surface area contributed by atoms with E-state index >= 15 is 0 Å². The summed E-state index contributed by atoms with van der Waals surface area (Å²) in [5, 5.41) is 13.6. The van der Waals surface area contributed by atoms with Gasteiger partial charge in [0.1, 0.15) is 24.3 Å². The Morgan fingerprint density at radius 3 is 2.88 bits per heavy atom. The smallest absolute Gasteiger partial charge is 0.177 e. The number of hydrogen-bond acceptors (Lipinski definition) is 7. The molecule has 0 bridgehead atoms. The lowest BCUT2D eigenvalue weighted by Gasteiger charge is -2.41. The van der Waals surface area contributed by atoms with E-state index in [9.17, 15) is 0 Å². The van der Waals surface area contributed by atoms with Gasteiger partial charge in [0.25, 0.3) is 0 Å². The van der Waals surface area contributed by atoms with Gasteiger partial charge in [0.15, 0.2) is 5.65 Å². The number of fused-ring (bicyclic) bond motifs is 2. The number of anilines is 2.